The lowest BCUT2D eigenvalue weighted by molar-refractivity contribution is 0.0817. The summed E-state index contributed by atoms with van der Waals surface area (Å²) >= 11 is 1.73. The summed E-state index contributed by atoms with van der Waals surface area (Å²) in [5.74, 6) is 1.90. The summed E-state index contributed by atoms with van der Waals surface area (Å²) in [6.45, 7) is 1.97. The van der Waals surface area contributed by atoms with Crippen LogP contribution in [0.4, 0.5) is 5.82 Å². The second kappa shape index (κ2) is 7.61. The monoisotopic (exact) mass is 315 g/mol. The molecule has 1 aliphatic rings. The van der Waals surface area contributed by atoms with E-state index in [1.807, 2.05) is 18.5 Å². The van der Waals surface area contributed by atoms with Crippen molar-refractivity contribution in [3.05, 3.63) is 48.3 Å². The molecule has 0 bridgehead atoms. The molecule has 0 aliphatic carbocycles. The van der Waals surface area contributed by atoms with Gasteiger partial charge in [-0.3, -0.25) is 4.98 Å². The molecule has 1 aromatic carbocycles. The van der Waals surface area contributed by atoms with Crippen molar-refractivity contribution in [3.8, 4) is 0 Å². The van der Waals surface area contributed by atoms with Crippen molar-refractivity contribution >= 4 is 17.6 Å². The zero-order valence-corrected chi connectivity index (χ0v) is 13.6. The Kier molecular flexibility index (Phi) is 5.29. The molecule has 2 aromatic rings. The molecular weight excluding hydrogens is 294 g/mol. The van der Waals surface area contributed by atoms with Crippen molar-refractivity contribution in [1.29, 1.82) is 0 Å². The SMILES string of the molecule is COC1CCN(c2cncc(SCc3ccccc3)n2)CC1. The first-order valence-electron chi connectivity index (χ1n) is 7.61. The smallest absolute Gasteiger partial charge is 0.148 e. The highest BCUT2D eigenvalue weighted by molar-refractivity contribution is 7.98. The molecule has 1 fully saturated rings. The highest BCUT2D eigenvalue weighted by Gasteiger charge is 2.20. The second-order valence-electron chi connectivity index (χ2n) is 5.41. The number of nitrogens with zero attached hydrogens (tertiary/aromatic N) is 3. The van der Waals surface area contributed by atoms with Gasteiger partial charge in [-0.1, -0.05) is 30.3 Å². The minimum absolute atomic E-state index is 0.389. The van der Waals surface area contributed by atoms with E-state index < -0.39 is 0 Å². The van der Waals surface area contributed by atoms with E-state index in [4.69, 9.17) is 9.72 Å². The highest BCUT2D eigenvalue weighted by Crippen LogP contribution is 2.24. The average Bonchev–Trinajstić information content (AvgIpc) is 2.61. The van der Waals surface area contributed by atoms with E-state index >= 15 is 0 Å². The molecular formula is C17H21N3OS. The van der Waals surface area contributed by atoms with Crippen LogP contribution >= 0.6 is 11.8 Å². The van der Waals surface area contributed by atoms with Crippen LogP contribution < -0.4 is 4.90 Å². The number of anilines is 1. The lowest BCUT2D eigenvalue weighted by atomic mass is 10.1. The first kappa shape index (κ1) is 15.3. The van der Waals surface area contributed by atoms with E-state index in [1.165, 1.54) is 5.56 Å². The number of ether oxygens (including phenoxy) is 1. The molecule has 3 rings (SSSR count). The molecule has 22 heavy (non-hydrogen) atoms. The first-order valence-corrected chi connectivity index (χ1v) is 8.60. The molecule has 1 aromatic heterocycles. The van der Waals surface area contributed by atoms with Gasteiger partial charge < -0.3 is 9.64 Å². The highest BCUT2D eigenvalue weighted by atomic mass is 32.2. The largest absolute Gasteiger partial charge is 0.381 e. The van der Waals surface area contributed by atoms with E-state index in [2.05, 4.69) is 34.1 Å². The molecule has 1 aliphatic heterocycles. The van der Waals surface area contributed by atoms with Gasteiger partial charge in [0.25, 0.3) is 0 Å². The summed E-state index contributed by atoms with van der Waals surface area (Å²) in [5.41, 5.74) is 1.31. The van der Waals surface area contributed by atoms with Gasteiger partial charge in [0.15, 0.2) is 0 Å². The molecule has 2 heterocycles. The Labute approximate surface area is 135 Å². The van der Waals surface area contributed by atoms with Crippen LogP contribution in [0.3, 0.4) is 0 Å². The number of rotatable bonds is 5. The molecule has 0 spiro atoms. The van der Waals surface area contributed by atoms with Crippen molar-refractivity contribution in [1.82, 2.24) is 9.97 Å². The molecule has 0 saturated carbocycles. The van der Waals surface area contributed by atoms with Crippen molar-refractivity contribution < 1.29 is 4.74 Å². The van der Waals surface area contributed by atoms with Crippen LogP contribution in [0.5, 0.6) is 0 Å². The predicted octanol–water partition coefficient (Wildman–Crippen LogP) is 3.38. The second-order valence-corrected chi connectivity index (χ2v) is 6.41. The fraction of sp³-hybridized carbons (Fsp3) is 0.412. The maximum atomic E-state index is 5.42. The number of thioether (sulfide) groups is 1. The van der Waals surface area contributed by atoms with E-state index in [1.54, 1.807) is 18.9 Å². The Morgan fingerprint density at radius 3 is 2.68 bits per heavy atom. The van der Waals surface area contributed by atoms with Crippen molar-refractivity contribution in [3.63, 3.8) is 0 Å². The molecule has 116 valence electrons. The summed E-state index contributed by atoms with van der Waals surface area (Å²) in [5, 5.41) is 0.982. The third-order valence-corrected chi connectivity index (χ3v) is 4.90. The Morgan fingerprint density at radius 2 is 1.95 bits per heavy atom. The normalized spacial score (nSPS) is 16.0. The zero-order valence-electron chi connectivity index (χ0n) is 12.8. The van der Waals surface area contributed by atoms with Crippen LogP contribution in [-0.4, -0.2) is 36.3 Å². The van der Waals surface area contributed by atoms with E-state index in [0.717, 1.165) is 42.5 Å². The van der Waals surface area contributed by atoms with Crippen LogP contribution in [0.2, 0.25) is 0 Å². The van der Waals surface area contributed by atoms with Crippen molar-refractivity contribution in [2.45, 2.75) is 29.7 Å². The van der Waals surface area contributed by atoms with Crippen LogP contribution in [0, 0.1) is 0 Å². The van der Waals surface area contributed by atoms with E-state index in [9.17, 15) is 0 Å². The number of methoxy groups -OCH3 is 1. The van der Waals surface area contributed by atoms with Gasteiger partial charge in [-0.15, -0.1) is 11.8 Å². The molecule has 0 radical (unpaired) electrons. The summed E-state index contributed by atoms with van der Waals surface area (Å²) in [4.78, 5) is 11.4. The van der Waals surface area contributed by atoms with Gasteiger partial charge in [0.05, 0.1) is 18.5 Å². The fourth-order valence-corrected chi connectivity index (χ4v) is 3.41. The molecule has 0 unspecified atom stereocenters. The van der Waals surface area contributed by atoms with Gasteiger partial charge in [0, 0.05) is 26.0 Å². The number of benzene rings is 1. The number of hydrogen-bond donors (Lipinski definition) is 0. The number of piperidine rings is 1. The Morgan fingerprint density at radius 1 is 1.18 bits per heavy atom. The third-order valence-electron chi connectivity index (χ3n) is 3.93. The minimum atomic E-state index is 0.389. The quantitative estimate of drug-likeness (QED) is 0.791. The standard InChI is InChI=1S/C17H21N3OS/c1-21-15-7-9-20(10-8-15)16-11-18-12-17(19-16)22-13-14-5-3-2-4-6-14/h2-6,11-12,15H,7-10,13H2,1H3. The van der Waals surface area contributed by atoms with Crippen LogP contribution in [-0.2, 0) is 10.5 Å². The number of hydrogen-bond acceptors (Lipinski definition) is 5. The molecule has 0 N–H and O–H groups in total. The minimum Gasteiger partial charge on any atom is -0.381 e. The van der Waals surface area contributed by atoms with Crippen molar-refractivity contribution in [2.24, 2.45) is 0 Å². The predicted molar refractivity (Wildman–Crippen MR) is 90.3 cm³/mol. The first-order chi connectivity index (χ1) is 10.8. The summed E-state index contributed by atoms with van der Waals surface area (Å²) < 4.78 is 5.42. The lowest BCUT2D eigenvalue weighted by Crippen LogP contribution is -2.37. The van der Waals surface area contributed by atoms with E-state index in [0.29, 0.717) is 6.10 Å². The summed E-state index contributed by atoms with van der Waals surface area (Å²) in [7, 11) is 1.79. The van der Waals surface area contributed by atoms with Gasteiger partial charge >= 0.3 is 0 Å². The average molecular weight is 315 g/mol. The third kappa shape index (κ3) is 3.99. The topological polar surface area (TPSA) is 38.2 Å². The van der Waals surface area contributed by atoms with Crippen LogP contribution in [0.1, 0.15) is 18.4 Å². The fourth-order valence-electron chi connectivity index (χ4n) is 2.61. The Bertz CT molecular complexity index is 585. The summed E-state index contributed by atoms with van der Waals surface area (Å²) in [6, 6.07) is 10.5. The molecule has 5 heteroatoms. The molecule has 0 atom stereocenters. The van der Waals surface area contributed by atoms with Crippen LogP contribution in [0.15, 0.2) is 47.8 Å². The van der Waals surface area contributed by atoms with E-state index in [-0.39, 0.29) is 0 Å². The maximum Gasteiger partial charge on any atom is 0.148 e. The number of aromatic nitrogens is 2. The molecule has 1 saturated heterocycles. The van der Waals surface area contributed by atoms with Gasteiger partial charge in [-0.2, -0.15) is 0 Å². The zero-order chi connectivity index (χ0) is 15.2. The maximum absolute atomic E-state index is 5.42. The lowest BCUT2D eigenvalue weighted by Gasteiger charge is -2.31. The summed E-state index contributed by atoms with van der Waals surface area (Å²) in [6.07, 6.45) is 6.21. The van der Waals surface area contributed by atoms with Crippen molar-refractivity contribution in [2.75, 3.05) is 25.1 Å². The van der Waals surface area contributed by atoms with Crippen LogP contribution in [0.25, 0.3) is 0 Å². The van der Waals surface area contributed by atoms with Gasteiger partial charge in [-0.25, -0.2) is 4.98 Å². The Balaban J connectivity index is 1.60. The van der Waals surface area contributed by atoms with Gasteiger partial charge in [-0.05, 0) is 18.4 Å². The van der Waals surface area contributed by atoms with Gasteiger partial charge in [0.2, 0.25) is 0 Å². The Hall–Kier alpha value is -1.59. The molecule has 4 nitrogen and oxygen atoms in total. The molecule has 0 amide bonds. The van der Waals surface area contributed by atoms with Gasteiger partial charge in [0.1, 0.15) is 10.8 Å².